The van der Waals surface area contributed by atoms with Crippen molar-refractivity contribution in [2.75, 3.05) is 0 Å². The normalized spacial score (nSPS) is 29.2. The largest absolute Gasteiger partial charge is 0.0602 e. The molecule has 15 heavy (non-hydrogen) atoms. The van der Waals surface area contributed by atoms with Crippen LogP contribution in [0.1, 0.15) is 66.7 Å². The van der Waals surface area contributed by atoms with E-state index in [-0.39, 0.29) is 0 Å². The molecule has 0 heterocycles. The van der Waals surface area contributed by atoms with E-state index in [0.717, 1.165) is 11.8 Å². The third-order valence-electron chi connectivity index (χ3n) is 3.94. The van der Waals surface area contributed by atoms with Crippen molar-refractivity contribution >= 4 is 0 Å². The molecule has 0 aromatic carbocycles. The summed E-state index contributed by atoms with van der Waals surface area (Å²) in [5, 5.41) is 0. The van der Waals surface area contributed by atoms with Gasteiger partial charge < -0.3 is 0 Å². The fourth-order valence-electron chi connectivity index (χ4n) is 3.46. The van der Waals surface area contributed by atoms with Crippen molar-refractivity contribution in [3.63, 3.8) is 0 Å². The highest BCUT2D eigenvalue weighted by atomic mass is 14.4. The highest BCUT2D eigenvalue weighted by Crippen LogP contribution is 2.45. The SMILES string of the molecule is [CH2]C1CCC(C(C)(C)CC(C)(C)C)CC1. The van der Waals surface area contributed by atoms with Crippen molar-refractivity contribution in [1.29, 1.82) is 0 Å². The maximum Gasteiger partial charge on any atom is -0.0321 e. The van der Waals surface area contributed by atoms with Gasteiger partial charge in [-0.25, -0.2) is 0 Å². The Balaban J connectivity index is 2.54. The standard InChI is InChI=1S/C15H29/c1-12-7-9-13(10-8-12)15(5,6)11-14(2,3)4/h12-13H,1,7-11H2,2-6H3. The van der Waals surface area contributed by atoms with Crippen LogP contribution in [0.25, 0.3) is 0 Å². The van der Waals surface area contributed by atoms with Gasteiger partial charge in [0.25, 0.3) is 0 Å². The molecule has 0 aliphatic heterocycles. The van der Waals surface area contributed by atoms with Gasteiger partial charge >= 0.3 is 0 Å². The van der Waals surface area contributed by atoms with Gasteiger partial charge in [0.1, 0.15) is 0 Å². The molecule has 1 aliphatic carbocycles. The lowest BCUT2D eigenvalue weighted by Crippen LogP contribution is -2.31. The van der Waals surface area contributed by atoms with E-state index in [1.807, 2.05) is 0 Å². The molecule has 1 aliphatic rings. The second-order valence-corrected chi connectivity index (χ2v) is 7.44. The van der Waals surface area contributed by atoms with Crippen molar-refractivity contribution in [3.05, 3.63) is 6.92 Å². The lowest BCUT2D eigenvalue weighted by Gasteiger charge is -2.42. The average Bonchev–Trinajstić information content (AvgIpc) is 2.00. The minimum Gasteiger partial charge on any atom is -0.0602 e. The second-order valence-electron chi connectivity index (χ2n) is 7.44. The molecule has 0 N–H and O–H groups in total. The third-order valence-corrected chi connectivity index (χ3v) is 3.94. The number of hydrogen-bond acceptors (Lipinski definition) is 0. The maximum absolute atomic E-state index is 4.19. The van der Waals surface area contributed by atoms with E-state index >= 15 is 0 Å². The van der Waals surface area contributed by atoms with Gasteiger partial charge in [-0.2, -0.15) is 0 Å². The summed E-state index contributed by atoms with van der Waals surface area (Å²) in [5.74, 6) is 1.65. The van der Waals surface area contributed by atoms with E-state index in [4.69, 9.17) is 0 Å². The zero-order chi connectivity index (χ0) is 11.7. The zero-order valence-corrected chi connectivity index (χ0v) is 11.4. The zero-order valence-electron chi connectivity index (χ0n) is 11.4. The van der Waals surface area contributed by atoms with Gasteiger partial charge in [0.2, 0.25) is 0 Å². The predicted molar refractivity (Wildman–Crippen MR) is 68.7 cm³/mol. The number of rotatable bonds is 2. The third kappa shape index (κ3) is 4.17. The molecule has 89 valence electrons. The Bertz CT molecular complexity index is 187. The monoisotopic (exact) mass is 209 g/mol. The molecule has 0 spiro atoms. The second kappa shape index (κ2) is 4.47. The fraction of sp³-hybridized carbons (Fsp3) is 0.933. The number of hydrogen-bond donors (Lipinski definition) is 0. The molecular formula is C15H29. The first-order valence-electron chi connectivity index (χ1n) is 6.54. The molecule has 0 unspecified atom stereocenters. The molecule has 0 aromatic rings. The lowest BCUT2D eigenvalue weighted by molar-refractivity contribution is 0.0910. The Morgan fingerprint density at radius 2 is 1.40 bits per heavy atom. The van der Waals surface area contributed by atoms with Crippen molar-refractivity contribution in [3.8, 4) is 0 Å². The summed E-state index contributed by atoms with van der Waals surface area (Å²) >= 11 is 0. The van der Waals surface area contributed by atoms with Crippen LogP contribution in [0.2, 0.25) is 0 Å². The van der Waals surface area contributed by atoms with Gasteiger partial charge in [0, 0.05) is 0 Å². The Kier molecular flexibility index (Phi) is 3.90. The Labute approximate surface area is 96.8 Å². The fourth-order valence-corrected chi connectivity index (χ4v) is 3.46. The molecule has 0 atom stereocenters. The summed E-state index contributed by atoms with van der Waals surface area (Å²) in [6.07, 6.45) is 6.83. The topological polar surface area (TPSA) is 0 Å². The predicted octanol–water partition coefficient (Wildman–Crippen LogP) is 5.09. The first kappa shape index (κ1) is 13.1. The van der Waals surface area contributed by atoms with E-state index in [1.165, 1.54) is 32.1 Å². The summed E-state index contributed by atoms with van der Waals surface area (Å²) in [5.41, 5.74) is 0.975. The average molecular weight is 209 g/mol. The van der Waals surface area contributed by atoms with Crippen LogP contribution >= 0.6 is 0 Å². The van der Waals surface area contributed by atoms with Gasteiger partial charge in [-0.3, -0.25) is 0 Å². The molecule has 1 rings (SSSR count). The highest BCUT2D eigenvalue weighted by Gasteiger charge is 2.34. The molecule has 0 aromatic heterocycles. The Morgan fingerprint density at radius 3 is 1.80 bits per heavy atom. The van der Waals surface area contributed by atoms with Gasteiger partial charge in [0.05, 0.1) is 0 Å². The van der Waals surface area contributed by atoms with Crippen molar-refractivity contribution in [2.45, 2.75) is 66.7 Å². The Hall–Kier alpha value is 0. The van der Waals surface area contributed by atoms with E-state index in [0.29, 0.717) is 10.8 Å². The molecular weight excluding hydrogens is 180 g/mol. The minimum absolute atomic E-state index is 0.463. The summed E-state index contributed by atoms with van der Waals surface area (Å²) in [4.78, 5) is 0. The first-order valence-corrected chi connectivity index (χ1v) is 6.54. The van der Waals surface area contributed by atoms with Crippen molar-refractivity contribution in [1.82, 2.24) is 0 Å². The summed E-state index contributed by atoms with van der Waals surface area (Å²) in [6, 6.07) is 0. The van der Waals surface area contributed by atoms with Crippen LogP contribution in [0, 0.1) is 29.6 Å². The molecule has 1 fully saturated rings. The summed E-state index contributed by atoms with van der Waals surface area (Å²) in [7, 11) is 0. The van der Waals surface area contributed by atoms with E-state index in [9.17, 15) is 0 Å². The van der Waals surface area contributed by atoms with E-state index in [1.54, 1.807) is 0 Å². The van der Waals surface area contributed by atoms with Crippen molar-refractivity contribution in [2.24, 2.45) is 22.7 Å². The van der Waals surface area contributed by atoms with Crippen LogP contribution in [0.15, 0.2) is 0 Å². The summed E-state index contributed by atoms with van der Waals surface area (Å²) in [6.45, 7) is 16.2. The molecule has 0 heteroatoms. The highest BCUT2D eigenvalue weighted by molar-refractivity contribution is 4.86. The molecule has 0 bridgehead atoms. The smallest absolute Gasteiger partial charge is 0.0321 e. The quantitative estimate of drug-likeness (QED) is 0.594. The first-order chi connectivity index (χ1) is 6.71. The molecule has 1 radical (unpaired) electrons. The van der Waals surface area contributed by atoms with Crippen LogP contribution in [0.3, 0.4) is 0 Å². The maximum atomic E-state index is 4.19. The molecule has 0 amide bonds. The van der Waals surface area contributed by atoms with Crippen LogP contribution in [-0.2, 0) is 0 Å². The minimum atomic E-state index is 0.463. The van der Waals surface area contributed by atoms with Crippen molar-refractivity contribution < 1.29 is 0 Å². The van der Waals surface area contributed by atoms with E-state index in [2.05, 4.69) is 41.5 Å². The van der Waals surface area contributed by atoms with Gasteiger partial charge in [-0.05, 0) is 41.9 Å². The van der Waals surface area contributed by atoms with Gasteiger partial charge in [-0.15, -0.1) is 0 Å². The molecule has 0 nitrogen and oxygen atoms in total. The van der Waals surface area contributed by atoms with Crippen LogP contribution < -0.4 is 0 Å². The summed E-state index contributed by atoms with van der Waals surface area (Å²) < 4.78 is 0. The lowest BCUT2D eigenvalue weighted by atomic mass is 9.63. The van der Waals surface area contributed by atoms with Gasteiger partial charge in [0.15, 0.2) is 0 Å². The van der Waals surface area contributed by atoms with Crippen LogP contribution in [0.4, 0.5) is 0 Å². The van der Waals surface area contributed by atoms with Crippen LogP contribution in [0.5, 0.6) is 0 Å². The van der Waals surface area contributed by atoms with Gasteiger partial charge in [-0.1, -0.05) is 54.4 Å². The van der Waals surface area contributed by atoms with E-state index < -0.39 is 0 Å². The molecule has 1 saturated carbocycles. The Morgan fingerprint density at radius 1 is 0.933 bits per heavy atom. The molecule has 0 saturated heterocycles. The van der Waals surface area contributed by atoms with Crippen LogP contribution in [-0.4, -0.2) is 0 Å².